The molecule has 0 aliphatic rings. The summed E-state index contributed by atoms with van der Waals surface area (Å²) in [4.78, 5) is 22.4. The van der Waals surface area contributed by atoms with Crippen LogP contribution in [0.15, 0.2) is 82.7 Å². The van der Waals surface area contributed by atoms with Crippen LogP contribution in [-0.4, -0.2) is 19.1 Å². The lowest BCUT2D eigenvalue weighted by atomic mass is 10.2. The largest absolute Gasteiger partial charge is 0.320 e. The van der Waals surface area contributed by atoms with E-state index in [-0.39, 0.29) is 17.1 Å². The minimum atomic E-state index is -2.72. The minimum Gasteiger partial charge on any atom is -0.269 e. The molecule has 0 saturated heterocycles. The number of benzene rings is 3. The smallest absolute Gasteiger partial charge is 0.269 e. The first-order valence-corrected chi connectivity index (χ1v) is 11.0. The zero-order valence-corrected chi connectivity index (χ0v) is 17.9. The van der Waals surface area contributed by atoms with E-state index in [1.807, 2.05) is 37.3 Å². The summed E-state index contributed by atoms with van der Waals surface area (Å²) in [6, 6.07) is 21.5. The number of para-hydroxylation sites is 3. The second-order valence-electron chi connectivity index (χ2n) is 7.34. The molecule has 8 heteroatoms. The molecule has 0 saturated carbocycles. The fraction of sp³-hybridized carbons (Fsp3) is 0.125. The van der Waals surface area contributed by atoms with Crippen LogP contribution in [0.5, 0.6) is 0 Å². The van der Waals surface area contributed by atoms with Crippen molar-refractivity contribution < 1.29 is 8.78 Å². The number of thioether (sulfide) groups is 1. The van der Waals surface area contributed by atoms with Crippen LogP contribution in [0.2, 0.25) is 0 Å². The van der Waals surface area contributed by atoms with Crippen LogP contribution in [0.3, 0.4) is 0 Å². The first-order valence-electron chi connectivity index (χ1n) is 9.98. The van der Waals surface area contributed by atoms with Crippen LogP contribution in [0, 0.1) is 6.92 Å². The van der Waals surface area contributed by atoms with Gasteiger partial charge in [0.2, 0.25) is 0 Å². The van der Waals surface area contributed by atoms with Crippen LogP contribution in [0.25, 0.3) is 27.6 Å². The topological polar surface area (TPSA) is 52.7 Å². The van der Waals surface area contributed by atoms with Crippen LogP contribution in [0.4, 0.5) is 8.78 Å². The van der Waals surface area contributed by atoms with Crippen LogP contribution in [0.1, 0.15) is 17.9 Å². The van der Waals surface area contributed by atoms with E-state index in [0.29, 0.717) is 32.8 Å². The first kappa shape index (κ1) is 20.4. The molecule has 0 bridgehead atoms. The van der Waals surface area contributed by atoms with E-state index in [4.69, 9.17) is 0 Å². The Bertz CT molecular complexity index is 1490. The average Bonchev–Trinajstić information content (AvgIpc) is 3.17. The molecule has 160 valence electrons. The molecule has 0 amide bonds. The van der Waals surface area contributed by atoms with Crippen molar-refractivity contribution in [2.24, 2.45) is 0 Å². The second kappa shape index (κ2) is 8.20. The van der Waals surface area contributed by atoms with Crippen molar-refractivity contribution in [2.75, 3.05) is 0 Å². The number of nitrogens with zero attached hydrogens (tertiary/aromatic N) is 4. The van der Waals surface area contributed by atoms with Crippen molar-refractivity contribution in [1.29, 1.82) is 0 Å². The van der Waals surface area contributed by atoms with Crippen molar-refractivity contribution in [3.8, 4) is 5.69 Å². The number of hydrogen-bond donors (Lipinski definition) is 0. The molecule has 0 spiro atoms. The number of fused-ring (bicyclic) bond motifs is 2. The van der Waals surface area contributed by atoms with Gasteiger partial charge < -0.3 is 0 Å². The summed E-state index contributed by atoms with van der Waals surface area (Å²) in [6.07, 6.45) is 0. The van der Waals surface area contributed by atoms with Crippen molar-refractivity contribution in [3.63, 3.8) is 0 Å². The van der Waals surface area contributed by atoms with Gasteiger partial charge in [0.1, 0.15) is 5.82 Å². The maximum atomic E-state index is 13.8. The predicted molar refractivity (Wildman–Crippen MR) is 123 cm³/mol. The van der Waals surface area contributed by atoms with Crippen LogP contribution in [-0.2, 0) is 5.75 Å². The highest BCUT2D eigenvalue weighted by atomic mass is 32.2. The fourth-order valence-corrected chi connectivity index (χ4v) is 4.62. The quantitative estimate of drug-likeness (QED) is 0.254. The molecule has 0 N–H and O–H groups in total. The summed E-state index contributed by atoms with van der Waals surface area (Å²) in [6.45, 7) is -0.753. The molecule has 0 aliphatic heterocycles. The molecule has 3 aromatic carbocycles. The second-order valence-corrected chi connectivity index (χ2v) is 8.28. The van der Waals surface area contributed by atoms with Gasteiger partial charge in [-0.05, 0) is 43.3 Å². The highest BCUT2D eigenvalue weighted by Gasteiger charge is 2.19. The Hall–Kier alpha value is -3.52. The van der Waals surface area contributed by atoms with Gasteiger partial charge in [-0.15, -0.1) is 0 Å². The average molecular weight is 448 g/mol. The number of aryl methyl sites for hydroxylation is 1. The van der Waals surface area contributed by atoms with Crippen molar-refractivity contribution in [2.45, 2.75) is 24.4 Å². The molecule has 5 nitrogen and oxygen atoms in total. The molecule has 5 rings (SSSR count). The van der Waals surface area contributed by atoms with Crippen molar-refractivity contribution in [3.05, 3.63) is 94.5 Å². The Kier molecular flexibility index (Phi) is 5.22. The first-order chi connectivity index (χ1) is 15.5. The lowest BCUT2D eigenvalue weighted by Crippen LogP contribution is -2.21. The van der Waals surface area contributed by atoms with E-state index in [2.05, 4.69) is 9.97 Å². The van der Waals surface area contributed by atoms with Gasteiger partial charge in [-0.3, -0.25) is 13.9 Å². The van der Waals surface area contributed by atoms with E-state index in [0.717, 1.165) is 10.1 Å². The monoisotopic (exact) mass is 448 g/mol. The molecule has 2 aromatic heterocycles. The standard InChI is InChI=1S/C24H18F2N4OS/c1-15-10-12-16(13-11-15)29-22(31)17-6-2-3-7-18(17)28-24(29)32-14-21-27-19-8-4-5-9-20(19)30(21)23(25)26/h2-13,23H,14H2,1H3. The zero-order valence-electron chi connectivity index (χ0n) is 17.1. The Morgan fingerprint density at radius 1 is 0.906 bits per heavy atom. The lowest BCUT2D eigenvalue weighted by Gasteiger charge is -2.14. The lowest BCUT2D eigenvalue weighted by molar-refractivity contribution is 0.0722. The molecule has 5 aromatic rings. The Morgan fingerprint density at radius 2 is 1.59 bits per heavy atom. The van der Waals surface area contributed by atoms with Gasteiger partial charge in [0.25, 0.3) is 5.56 Å². The number of hydrogen-bond acceptors (Lipinski definition) is 4. The van der Waals surface area contributed by atoms with E-state index in [1.54, 1.807) is 42.5 Å². The van der Waals surface area contributed by atoms with E-state index in [9.17, 15) is 13.6 Å². The molecule has 32 heavy (non-hydrogen) atoms. The molecular formula is C24H18F2N4OS. The summed E-state index contributed by atoms with van der Waals surface area (Å²) in [5.41, 5.74) is 2.97. The summed E-state index contributed by atoms with van der Waals surface area (Å²) < 4.78 is 30.1. The molecule has 0 radical (unpaired) electrons. The van der Waals surface area contributed by atoms with Gasteiger partial charge in [-0.2, -0.15) is 8.78 Å². The Labute approximate surface area is 186 Å². The normalized spacial score (nSPS) is 11.6. The number of imidazole rings is 1. The van der Waals surface area contributed by atoms with Gasteiger partial charge >= 0.3 is 6.55 Å². The minimum absolute atomic E-state index is 0.135. The zero-order chi connectivity index (χ0) is 22.2. The third-order valence-corrected chi connectivity index (χ3v) is 6.17. The molecule has 0 unspecified atom stereocenters. The van der Waals surface area contributed by atoms with Gasteiger partial charge in [0.05, 0.1) is 33.4 Å². The maximum Gasteiger partial charge on any atom is 0.320 e. The van der Waals surface area contributed by atoms with Crippen LogP contribution < -0.4 is 5.56 Å². The number of rotatable bonds is 5. The maximum absolute atomic E-state index is 13.8. The molecular weight excluding hydrogens is 430 g/mol. The number of halogens is 2. The van der Waals surface area contributed by atoms with Gasteiger partial charge in [-0.25, -0.2) is 9.97 Å². The summed E-state index contributed by atoms with van der Waals surface area (Å²) in [7, 11) is 0. The summed E-state index contributed by atoms with van der Waals surface area (Å²) in [5.74, 6) is 0.361. The number of aromatic nitrogens is 4. The molecule has 0 aliphatic carbocycles. The molecule has 2 heterocycles. The van der Waals surface area contributed by atoms with Gasteiger partial charge in [-0.1, -0.05) is 53.7 Å². The predicted octanol–water partition coefficient (Wildman–Crippen LogP) is 5.73. The molecule has 0 fully saturated rings. The van der Waals surface area contributed by atoms with E-state index >= 15 is 0 Å². The highest BCUT2D eigenvalue weighted by Crippen LogP contribution is 2.29. The molecule has 0 atom stereocenters. The fourth-order valence-electron chi connectivity index (χ4n) is 3.67. The SMILES string of the molecule is Cc1ccc(-n2c(SCc3nc4ccccc4n3C(F)F)nc3ccccc3c2=O)cc1. The van der Waals surface area contributed by atoms with Crippen molar-refractivity contribution in [1.82, 2.24) is 19.1 Å². The third kappa shape index (κ3) is 3.56. The number of alkyl halides is 2. The third-order valence-electron chi connectivity index (χ3n) is 5.23. The van der Waals surface area contributed by atoms with Gasteiger partial charge in [0, 0.05) is 0 Å². The summed E-state index contributed by atoms with van der Waals surface area (Å²) in [5, 5.41) is 0.919. The Morgan fingerprint density at radius 3 is 2.34 bits per heavy atom. The van der Waals surface area contributed by atoms with E-state index < -0.39 is 6.55 Å². The van der Waals surface area contributed by atoms with Crippen LogP contribution >= 0.6 is 11.8 Å². The highest BCUT2D eigenvalue weighted by molar-refractivity contribution is 7.98. The van der Waals surface area contributed by atoms with Crippen molar-refractivity contribution >= 4 is 33.7 Å². The van der Waals surface area contributed by atoms with Gasteiger partial charge in [0.15, 0.2) is 5.16 Å². The Balaban J connectivity index is 1.62. The summed E-state index contributed by atoms with van der Waals surface area (Å²) >= 11 is 1.21. The van der Waals surface area contributed by atoms with E-state index in [1.165, 1.54) is 16.3 Å².